The van der Waals surface area contributed by atoms with Crippen LogP contribution in [0.4, 0.5) is 0 Å². The average molecular weight is 299 g/mol. The molecule has 0 unspecified atom stereocenters. The molecule has 0 atom stereocenters. The molecule has 0 radical (unpaired) electrons. The Kier molecular flexibility index (Phi) is 4.56. The standard InChI is InChI=1S/C14H25N3O2S/c1-5-17(12-6-7-12)20(18,19)14-8-13(16(4)10-14)9-15-11(2)3/h8,10-12,15H,5-7,9H2,1-4H3. The van der Waals surface area contributed by atoms with Gasteiger partial charge in [-0.2, -0.15) is 4.31 Å². The molecule has 1 aliphatic rings. The van der Waals surface area contributed by atoms with Crippen molar-refractivity contribution in [2.24, 2.45) is 7.05 Å². The van der Waals surface area contributed by atoms with Crippen LogP contribution in [0.5, 0.6) is 0 Å². The van der Waals surface area contributed by atoms with Crippen molar-refractivity contribution in [1.82, 2.24) is 14.2 Å². The van der Waals surface area contributed by atoms with E-state index in [-0.39, 0.29) is 6.04 Å². The molecule has 0 saturated heterocycles. The van der Waals surface area contributed by atoms with Crippen molar-refractivity contribution >= 4 is 10.0 Å². The van der Waals surface area contributed by atoms with Gasteiger partial charge in [0.15, 0.2) is 0 Å². The lowest BCUT2D eigenvalue weighted by atomic mass is 10.3. The summed E-state index contributed by atoms with van der Waals surface area (Å²) in [6.45, 7) is 7.28. The molecule has 1 aliphatic carbocycles. The summed E-state index contributed by atoms with van der Waals surface area (Å²) in [6, 6.07) is 2.38. The number of sulfonamides is 1. The first-order chi connectivity index (χ1) is 9.36. The molecule has 0 bridgehead atoms. The molecule has 1 fully saturated rings. The van der Waals surface area contributed by atoms with Gasteiger partial charge in [0, 0.05) is 44.1 Å². The fourth-order valence-corrected chi connectivity index (χ4v) is 4.12. The van der Waals surface area contributed by atoms with E-state index in [1.54, 1.807) is 16.6 Å². The molecule has 2 rings (SSSR count). The Morgan fingerprint density at radius 1 is 1.45 bits per heavy atom. The lowest BCUT2D eigenvalue weighted by Crippen LogP contribution is -2.32. The zero-order valence-corrected chi connectivity index (χ0v) is 13.6. The first-order valence-corrected chi connectivity index (χ1v) is 8.70. The second-order valence-corrected chi connectivity index (χ2v) is 7.64. The third-order valence-electron chi connectivity index (χ3n) is 3.65. The molecule has 6 heteroatoms. The molecular formula is C14H25N3O2S. The maximum Gasteiger partial charge on any atom is 0.244 e. The van der Waals surface area contributed by atoms with E-state index in [1.807, 2.05) is 18.5 Å². The largest absolute Gasteiger partial charge is 0.352 e. The maximum absolute atomic E-state index is 12.6. The smallest absolute Gasteiger partial charge is 0.244 e. The van der Waals surface area contributed by atoms with Crippen molar-refractivity contribution in [2.45, 2.75) is 57.1 Å². The highest BCUT2D eigenvalue weighted by Crippen LogP contribution is 2.32. The summed E-state index contributed by atoms with van der Waals surface area (Å²) in [5, 5.41) is 3.32. The second-order valence-electron chi connectivity index (χ2n) is 5.75. The molecule has 0 aromatic carbocycles. The van der Waals surface area contributed by atoms with Crippen molar-refractivity contribution in [3.8, 4) is 0 Å². The quantitative estimate of drug-likeness (QED) is 0.833. The molecule has 1 saturated carbocycles. The van der Waals surface area contributed by atoms with E-state index in [0.29, 0.717) is 24.0 Å². The number of hydrogen-bond acceptors (Lipinski definition) is 3. The molecule has 1 N–H and O–H groups in total. The number of hydrogen-bond donors (Lipinski definition) is 1. The van der Waals surface area contributed by atoms with E-state index < -0.39 is 10.0 Å². The summed E-state index contributed by atoms with van der Waals surface area (Å²) < 4.78 is 28.8. The first kappa shape index (κ1) is 15.5. The summed E-state index contributed by atoms with van der Waals surface area (Å²) in [4.78, 5) is 0.411. The Balaban J connectivity index is 2.21. The fourth-order valence-electron chi connectivity index (χ4n) is 2.32. The van der Waals surface area contributed by atoms with Crippen LogP contribution in [0.3, 0.4) is 0 Å². The monoisotopic (exact) mass is 299 g/mol. The van der Waals surface area contributed by atoms with Gasteiger partial charge in [0.2, 0.25) is 10.0 Å². The Bertz CT molecular complexity index is 559. The number of rotatable bonds is 7. The fraction of sp³-hybridized carbons (Fsp3) is 0.714. The van der Waals surface area contributed by atoms with Gasteiger partial charge in [-0.25, -0.2) is 8.42 Å². The highest BCUT2D eigenvalue weighted by molar-refractivity contribution is 7.89. The molecule has 20 heavy (non-hydrogen) atoms. The van der Waals surface area contributed by atoms with Crippen LogP contribution >= 0.6 is 0 Å². The summed E-state index contributed by atoms with van der Waals surface area (Å²) in [5.41, 5.74) is 0.990. The number of nitrogens with one attached hydrogen (secondary N) is 1. The van der Waals surface area contributed by atoms with Crippen molar-refractivity contribution in [3.63, 3.8) is 0 Å². The molecule has 5 nitrogen and oxygen atoms in total. The Labute approximate surface area is 122 Å². The van der Waals surface area contributed by atoms with Gasteiger partial charge in [0.1, 0.15) is 4.90 Å². The Morgan fingerprint density at radius 3 is 2.60 bits per heavy atom. The van der Waals surface area contributed by atoms with Crippen molar-refractivity contribution in [3.05, 3.63) is 18.0 Å². The van der Waals surface area contributed by atoms with Gasteiger partial charge in [-0.05, 0) is 18.9 Å². The Hall–Kier alpha value is -0.850. The van der Waals surface area contributed by atoms with Gasteiger partial charge in [-0.3, -0.25) is 0 Å². The van der Waals surface area contributed by atoms with E-state index in [9.17, 15) is 8.42 Å². The summed E-state index contributed by atoms with van der Waals surface area (Å²) in [7, 11) is -1.45. The van der Waals surface area contributed by atoms with Crippen molar-refractivity contribution < 1.29 is 8.42 Å². The molecule has 1 heterocycles. The van der Waals surface area contributed by atoms with Crippen LogP contribution in [0.25, 0.3) is 0 Å². The minimum absolute atomic E-state index is 0.211. The predicted octanol–water partition coefficient (Wildman–Crippen LogP) is 1.70. The minimum Gasteiger partial charge on any atom is -0.352 e. The molecular weight excluding hydrogens is 274 g/mol. The lowest BCUT2D eigenvalue weighted by molar-refractivity contribution is 0.421. The lowest BCUT2D eigenvalue weighted by Gasteiger charge is -2.18. The molecule has 0 aliphatic heterocycles. The van der Waals surface area contributed by atoms with Gasteiger partial charge in [0.05, 0.1) is 0 Å². The SMILES string of the molecule is CCN(C1CC1)S(=O)(=O)c1cc(CNC(C)C)n(C)c1. The predicted molar refractivity (Wildman–Crippen MR) is 80.0 cm³/mol. The van der Waals surface area contributed by atoms with Gasteiger partial charge in [0.25, 0.3) is 0 Å². The highest BCUT2D eigenvalue weighted by Gasteiger charge is 2.37. The van der Waals surface area contributed by atoms with Gasteiger partial charge >= 0.3 is 0 Å². The minimum atomic E-state index is -3.34. The molecule has 1 aromatic heterocycles. The Morgan fingerprint density at radius 2 is 2.10 bits per heavy atom. The van der Waals surface area contributed by atoms with E-state index in [1.165, 1.54) is 0 Å². The molecule has 114 valence electrons. The number of aromatic nitrogens is 1. The number of aryl methyl sites for hydroxylation is 1. The highest BCUT2D eigenvalue weighted by atomic mass is 32.2. The van der Waals surface area contributed by atoms with E-state index in [4.69, 9.17) is 0 Å². The molecule has 0 spiro atoms. The van der Waals surface area contributed by atoms with Crippen LogP contribution in [0.2, 0.25) is 0 Å². The number of nitrogens with zero attached hydrogens (tertiary/aromatic N) is 2. The van der Waals surface area contributed by atoms with Crippen LogP contribution < -0.4 is 5.32 Å². The van der Waals surface area contributed by atoms with Gasteiger partial charge in [-0.1, -0.05) is 20.8 Å². The van der Waals surface area contributed by atoms with E-state index >= 15 is 0 Å². The van der Waals surface area contributed by atoms with E-state index in [2.05, 4.69) is 19.2 Å². The third-order valence-corrected chi connectivity index (χ3v) is 5.64. The summed E-state index contributed by atoms with van der Waals surface area (Å²) >= 11 is 0. The van der Waals surface area contributed by atoms with Crippen LogP contribution in [-0.4, -0.2) is 35.9 Å². The van der Waals surface area contributed by atoms with Gasteiger partial charge < -0.3 is 9.88 Å². The maximum atomic E-state index is 12.6. The zero-order chi connectivity index (χ0) is 14.9. The third kappa shape index (κ3) is 3.24. The van der Waals surface area contributed by atoms with Crippen molar-refractivity contribution in [1.29, 1.82) is 0 Å². The summed E-state index contributed by atoms with van der Waals surface area (Å²) in [6.07, 6.45) is 3.70. The molecule has 1 aromatic rings. The van der Waals surface area contributed by atoms with Crippen LogP contribution in [-0.2, 0) is 23.6 Å². The normalized spacial score (nSPS) is 16.3. The zero-order valence-electron chi connectivity index (χ0n) is 12.8. The van der Waals surface area contributed by atoms with E-state index in [0.717, 1.165) is 18.5 Å². The average Bonchev–Trinajstić information content (AvgIpc) is 3.10. The molecule has 0 amide bonds. The van der Waals surface area contributed by atoms with Crippen molar-refractivity contribution in [2.75, 3.05) is 6.54 Å². The first-order valence-electron chi connectivity index (χ1n) is 7.26. The second kappa shape index (κ2) is 5.87. The van der Waals surface area contributed by atoms with Gasteiger partial charge in [-0.15, -0.1) is 0 Å². The van der Waals surface area contributed by atoms with Crippen LogP contribution in [0, 0.1) is 0 Å². The van der Waals surface area contributed by atoms with Crippen LogP contribution in [0.1, 0.15) is 39.3 Å². The summed E-state index contributed by atoms with van der Waals surface area (Å²) in [5.74, 6) is 0. The topological polar surface area (TPSA) is 54.3 Å². The van der Waals surface area contributed by atoms with Crippen LogP contribution in [0.15, 0.2) is 17.2 Å².